The Hall–Kier alpha value is -3.16. The Labute approximate surface area is 237 Å². The minimum absolute atomic E-state index is 0.0391. The van der Waals surface area contributed by atoms with Gasteiger partial charge in [-0.15, -0.1) is 0 Å². The maximum absolute atomic E-state index is 14.0. The van der Waals surface area contributed by atoms with E-state index in [0.29, 0.717) is 12.5 Å². The summed E-state index contributed by atoms with van der Waals surface area (Å²) in [7, 11) is -1.97. The van der Waals surface area contributed by atoms with Crippen LogP contribution in [-0.4, -0.2) is 90.0 Å². The van der Waals surface area contributed by atoms with Gasteiger partial charge in [0.05, 0.1) is 32.6 Å². The predicted octanol–water partition coefficient (Wildman–Crippen LogP) is 2.83. The van der Waals surface area contributed by atoms with Gasteiger partial charge in [0, 0.05) is 50.0 Å². The molecule has 1 unspecified atom stereocenters. The fourth-order valence-electron chi connectivity index (χ4n) is 4.70. The number of nitrogens with one attached hydrogen (secondary N) is 1. The number of hydrogen-bond donors (Lipinski definition) is 2. The first kappa shape index (κ1) is 32.4. The molecule has 2 aliphatic rings. The number of halogens is 2. The Morgan fingerprint density at radius 1 is 1.27 bits per heavy atom. The van der Waals surface area contributed by atoms with Crippen LogP contribution in [0.25, 0.3) is 0 Å². The summed E-state index contributed by atoms with van der Waals surface area (Å²) in [6.07, 6.45) is 1.52. The summed E-state index contributed by atoms with van der Waals surface area (Å²) in [6, 6.07) is 2.98. The number of aliphatic hydroxyl groups excluding tert-OH is 1. The summed E-state index contributed by atoms with van der Waals surface area (Å²) in [5.41, 5.74) is -1.47. The van der Waals surface area contributed by atoms with Crippen molar-refractivity contribution in [1.82, 2.24) is 20.2 Å². The zero-order valence-corrected chi connectivity index (χ0v) is 24.3. The molecule has 1 spiro atoms. The van der Waals surface area contributed by atoms with Crippen molar-refractivity contribution in [2.45, 2.75) is 39.4 Å². The molecule has 0 aromatic heterocycles. The highest BCUT2D eigenvalue weighted by molar-refractivity contribution is 7.53. The average molecular weight is 601 g/mol. The quantitative estimate of drug-likeness (QED) is 0.159. The van der Waals surface area contributed by atoms with Crippen molar-refractivity contribution >= 4 is 25.7 Å². The van der Waals surface area contributed by atoms with Crippen molar-refractivity contribution in [3.05, 3.63) is 58.6 Å². The normalized spacial score (nSPS) is 21.5. The van der Waals surface area contributed by atoms with Gasteiger partial charge < -0.3 is 29.1 Å². The van der Waals surface area contributed by atoms with Crippen LogP contribution in [0.1, 0.15) is 32.8 Å². The largest absolute Gasteiger partial charge is 0.503 e. The summed E-state index contributed by atoms with van der Waals surface area (Å²) in [5.74, 6) is -3.88. The fourth-order valence-corrected chi connectivity index (χ4v) is 6.26. The number of likely N-dealkylation sites (N-methyl/N-ethyl adjacent to an activating group) is 1. The number of rotatable bonds is 12. The van der Waals surface area contributed by atoms with Gasteiger partial charge in [-0.1, -0.05) is 6.07 Å². The molecular weight excluding hydrogens is 565 g/mol. The maximum Gasteiger partial charge on any atom is 0.332 e. The highest BCUT2D eigenvalue weighted by Crippen LogP contribution is 2.49. The molecule has 15 heteroatoms. The smallest absolute Gasteiger partial charge is 0.332 e. The molecule has 2 saturated heterocycles. The molecule has 2 fully saturated rings. The Morgan fingerprint density at radius 3 is 2.51 bits per heavy atom. The van der Waals surface area contributed by atoms with Crippen molar-refractivity contribution in [2.24, 2.45) is 0 Å². The topological polar surface area (TPSA) is 138 Å². The molecule has 0 bridgehead atoms. The first-order valence-corrected chi connectivity index (χ1v) is 14.8. The molecule has 1 aromatic carbocycles. The molecule has 1 atom stereocenters. The van der Waals surface area contributed by atoms with E-state index in [4.69, 9.17) is 13.8 Å². The van der Waals surface area contributed by atoms with E-state index in [1.807, 2.05) is 0 Å². The summed E-state index contributed by atoms with van der Waals surface area (Å²) in [5, 5.41) is 15.8. The second-order valence-corrected chi connectivity index (χ2v) is 11.5. The van der Waals surface area contributed by atoms with Crippen LogP contribution in [0, 0.1) is 11.6 Å². The number of carbonyl (C=O) groups is 3. The molecule has 226 valence electrons. The number of aliphatic hydroxyl groups is 1. The highest BCUT2D eigenvalue weighted by atomic mass is 31.2. The van der Waals surface area contributed by atoms with Gasteiger partial charge in [0.2, 0.25) is 5.91 Å². The molecule has 41 heavy (non-hydrogen) atoms. The first-order chi connectivity index (χ1) is 19.4. The molecular formula is C26H35F2N4O8P. The number of nitrogens with zero attached hydrogens (tertiary/aromatic N) is 3. The average Bonchev–Trinajstić information content (AvgIpc) is 3.41. The number of aldehydes is 1. The Bertz CT molecular complexity index is 1260. The van der Waals surface area contributed by atoms with E-state index in [1.165, 1.54) is 29.1 Å². The van der Waals surface area contributed by atoms with E-state index >= 15 is 0 Å². The van der Waals surface area contributed by atoms with Crippen LogP contribution in [-0.2, 0) is 39.3 Å². The summed E-state index contributed by atoms with van der Waals surface area (Å²) in [4.78, 5) is 39.7. The highest BCUT2D eigenvalue weighted by Gasteiger charge is 2.55. The van der Waals surface area contributed by atoms with Crippen LogP contribution in [0.2, 0.25) is 0 Å². The molecule has 2 amide bonds. The van der Waals surface area contributed by atoms with Gasteiger partial charge in [0.1, 0.15) is 17.3 Å². The summed E-state index contributed by atoms with van der Waals surface area (Å²) in [6.45, 7) is 4.99. The molecule has 2 N–H and O–H groups in total. The number of allylic oxidation sites excluding steroid dienone is 1. The third kappa shape index (κ3) is 7.02. The van der Waals surface area contributed by atoms with E-state index in [9.17, 15) is 32.8 Å². The van der Waals surface area contributed by atoms with E-state index in [2.05, 4.69) is 5.32 Å². The van der Waals surface area contributed by atoms with Crippen molar-refractivity contribution < 1.29 is 46.6 Å². The predicted molar refractivity (Wildman–Crippen MR) is 143 cm³/mol. The van der Waals surface area contributed by atoms with Crippen LogP contribution in [0.3, 0.4) is 0 Å². The summed E-state index contributed by atoms with van der Waals surface area (Å²) < 4.78 is 56.7. The van der Waals surface area contributed by atoms with Crippen molar-refractivity contribution in [1.29, 1.82) is 0 Å². The van der Waals surface area contributed by atoms with Gasteiger partial charge in [0.25, 0.3) is 5.91 Å². The lowest BCUT2D eigenvalue weighted by Crippen LogP contribution is -2.71. The van der Waals surface area contributed by atoms with Crippen LogP contribution in [0.4, 0.5) is 8.78 Å². The fraction of sp³-hybridized carbons (Fsp3) is 0.500. The summed E-state index contributed by atoms with van der Waals surface area (Å²) >= 11 is 0. The van der Waals surface area contributed by atoms with Crippen molar-refractivity contribution in [3.8, 4) is 0 Å². The molecule has 2 aliphatic heterocycles. The second kappa shape index (κ2) is 13.7. The third-order valence-electron chi connectivity index (χ3n) is 6.82. The number of ether oxygens (including phenoxy) is 1. The third-order valence-corrected chi connectivity index (χ3v) is 8.87. The van der Waals surface area contributed by atoms with Crippen LogP contribution in [0.15, 0.2) is 41.4 Å². The van der Waals surface area contributed by atoms with E-state index in [0.717, 1.165) is 6.07 Å². The SMILES string of the molecule is CCOP(=O)(CCN1C(=O)/C(=C(\O)C=O)N(/C=C(\C)C(=O)NCc2ccc(F)cc2F)N(C)C12CCOC2)OCC. The molecule has 0 radical (unpaired) electrons. The monoisotopic (exact) mass is 600 g/mol. The maximum atomic E-state index is 14.0. The minimum atomic E-state index is -3.56. The number of hydrazine groups is 1. The zero-order chi connectivity index (χ0) is 30.4. The molecule has 1 aromatic rings. The number of amides is 2. The molecule has 12 nitrogen and oxygen atoms in total. The van der Waals surface area contributed by atoms with Crippen LogP contribution in [0.5, 0.6) is 0 Å². The standard InChI is InChI=1S/C26H35F2N4O8P/c1-5-39-41(37,40-6-2)12-10-31-25(36)23(22(34)16-33)32(30(4)26(31)9-11-38-17-26)15-18(3)24(35)29-14-19-7-8-20(27)13-21(19)28/h7-8,13,15-16,34H,5-6,9-12,14,17H2,1-4H3,(H,29,35)/b18-15+,23-22+. The van der Waals surface area contributed by atoms with Crippen molar-refractivity contribution in [3.63, 3.8) is 0 Å². The van der Waals surface area contributed by atoms with Gasteiger partial charge in [-0.3, -0.25) is 24.0 Å². The van der Waals surface area contributed by atoms with Crippen LogP contribution >= 0.6 is 7.60 Å². The van der Waals surface area contributed by atoms with Gasteiger partial charge in [0.15, 0.2) is 17.7 Å². The molecule has 2 heterocycles. The number of benzene rings is 1. The zero-order valence-electron chi connectivity index (χ0n) is 23.4. The number of hydrogen-bond acceptors (Lipinski definition) is 10. The van der Waals surface area contributed by atoms with Crippen molar-refractivity contribution in [2.75, 3.05) is 46.2 Å². The van der Waals surface area contributed by atoms with Gasteiger partial charge in [-0.05, 0) is 26.8 Å². The molecule has 0 aliphatic carbocycles. The Balaban J connectivity index is 1.93. The Kier molecular flexibility index (Phi) is 10.8. The van der Waals surface area contributed by atoms with E-state index < -0.39 is 48.2 Å². The first-order valence-electron chi connectivity index (χ1n) is 13.0. The van der Waals surface area contributed by atoms with E-state index in [-0.39, 0.29) is 63.1 Å². The lowest BCUT2D eigenvalue weighted by molar-refractivity contribution is -0.182. The molecule has 0 saturated carbocycles. The number of carbonyl (C=O) groups excluding carboxylic acids is 3. The van der Waals surface area contributed by atoms with Gasteiger partial charge >= 0.3 is 7.60 Å². The Morgan fingerprint density at radius 2 is 1.95 bits per heavy atom. The second-order valence-electron chi connectivity index (χ2n) is 9.36. The van der Waals surface area contributed by atoms with Gasteiger partial charge in [-0.2, -0.15) is 5.01 Å². The minimum Gasteiger partial charge on any atom is -0.503 e. The molecule has 3 rings (SSSR count). The van der Waals surface area contributed by atoms with Crippen LogP contribution < -0.4 is 5.32 Å². The van der Waals surface area contributed by atoms with E-state index in [1.54, 1.807) is 25.9 Å². The lowest BCUT2D eigenvalue weighted by atomic mass is 10.0. The van der Waals surface area contributed by atoms with Gasteiger partial charge in [-0.25, -0.2) is 8.78 Å². The lowest BCUT2D eigenvalue weighted by Gasteiger charge is -2.54.